The molecule has 112 valence electrons. The number of aliphatic imine (C=N–C) groups is 1. The van der Waals surface area contributed by atoms with E-state index in [-0.39, 0.29) is 11.4 Å². The van der Waals surface area contributed by atoms with Crippen LogP contribution in [0.1, 0.15) is 39.0 Å². The van der Waals surface area contributed by atoms with E-state index in [0.29, 0.717) is 0 Å². The van der Waals surface area contributed by atoms with Crippen molar-refractivity contribution in [3.8, 4) is 0 Å². The molecule has 2 N–H and O–H groups in total. The van der Waals surface area contributed by atoms with Crippen molar-refractivity contribution in [2.45, 2.75) is 44.6 Å². The molecule has 4 nitrogen and oxygen atoms in total. The highest BCUT2D eigenvalue weighted by molar-refractivity contribution is 8.14. The monoisotopic (exact) mass is 303 g/mol. The highest BCUT2D eigenvalue weighted by Gasteiger charge is 2.36. The third-order valence-corrected chi connectivity index (χ3v) is 5.21. The number of anilines is 2. The molecular formula is C16H21N3OS. The highest BCUT2D eigenvalue weighted by Crippen LogP contribution is 2.39. The topological polar surface area (TPSA) is 53.5 Å². The van der Waals surface area contributed by atoms with Gasteiger partial charge in [-0.2, -0.15) is 0 Å². The van der Waals surface area contributed by atoms with E-state index >= 15 is 0 Å². The Morgan fingerprint density at radius 1 is 1.14 bits per heavy atom. The van der Waals surface area contributed by atoms with E-state index in [0.717, 1.165) is 22.3 Å². The number of amides is 1. The molecule has 1 heterocycles. The van der Waals surface area contributed by atoms with Crippen LogP contribution in [0.2, 0.25) is 0 Å². The Labute approximate surface area is 129 Å². The van der Waals surface area contributed by atoms with Gasteiger partial charge in [-0.25, -0.2) is 0 Å². The first-order chi connectivity index (χ1) is 10.2. The molecule has 1 spiro atoms. The van der Waals surface area contributed by atoms with Gasteiger partial charge in [0, 0.05) is 24.1 Å². The molecule has 2 aliphatic rings. The quantitative estimate of drug-likeness (QED) is 0.872. The third kappa shape index (κ3) is 3.59. The Kier molecular flexibility index (Phi) is 4.19. The molecule has 0 radical (unpaired) electrons. The highest BCUT2D eigenvalue weighted by atomic mass is 32.2. The van der Waals surface area contributed by atoms with Crippen LogP contribution in [0.15, 0.2) is 29.3 Å². The van der Waals surface area contributed by atoms with Crippen molar-refractivity contribution >= 4 is 34.2 Å². The number of carbonyl (C=O) groups excluding carboxylic acids is 1. The van der Waals surface area contributed by atoms with Crippen LogP contribution in [0.4, 0.5) is 11.4 Å². The van der Waals surface area contributed by atoms with E-state index in [1.807, 2.05) is 36.0 Å². The number of nitrogens with one attached hydrogen (secondary N) is 2. The van der Waals surface area contributed by atoms with Crippen LogP contribution in [-0.2, 0) is 4.79 Å². The number of carbonyl (C=O) groups is 1. The molecule has 1 fully saturated rings. The predicted octanol–water partition coefficient (Wildman–Crippen LogP) is 3.86. The van der Waals surface area contributed by atoms with Gasteiger partial charge in [0.25, 0.3) is 0 Å². The average molecular weight is 303 g/mol. The average Bonchev–Trinajstić information content (AvgIpc) is 2.84. The lowest BCUT2D eigenvalue weighted by molar-refractivity contribution is -0.114. The Morgan fingerprint density at radius 2 is 1.81 bits per heavy atom. The van der Waals surface area contributed by atoms with Crippen molar-refractivity contribution in [3.63, 3.8) is 0 Å². The van der Waals surface area contributed by atoms with E-state index in [1.54, 1.807) is 0 Å². The molecule has 1 saturated carbocycles. The van der Waals surface area contributed by atoms with Crippen molar-refractivity contribution in [2.24, 2.45) is 4.99 Å². The number of hydrogen-bond donors (Lipinski definition) is 2. The van der Waals surface area contributed by atoms with Gasteiger partial charge in [-0.3, -0.25) is 9.79 Å². The van der Waals surface area contributed by atoms with Gasteiger partial charge < -0.3 is 10.6 Å². The normalized spacial score (nSPS) is 20.1. The van der Waals surface area contributed by atoms with Crippen LogP contribution >= 0.6 is 11.8 Å². The molecule has 3 rings (SSSR count). The summed E-state index contributed by atoms with van der Waals surface area (Å²) in [6.45, 7) is 1.51. The maximum Gasteiger partial charge on any atom is 0.221 e. The number of rotatable bonds is 2. The minimum absolute atomic E-state index is 0.0503. The van der Waals surface area contributed by atoms with Gasteiger partial charge in [0.1, 0.15) is 0 Å². The van der Waals surface area contributed by atoms with Crippen LogP contribution in [0, 0.1) is 0 Å². The summed E-state index contributed by atoms with van der Waals surface area (Å²) in [4.78, 5) is 15.9. The summed E-state index contributed by atoms with van der Waals surface area (Å²) in [6.07, 6.45) is 6.43. The summed E-state index contributed by atoms with van der Waals surface area (Å²) >= 11 is 1.83. The molecule has 1 aromatic carbocycles. The molecule has 21 heavy (non-hydrogen) atoms. The molecule has 0 unspecified atom stereocenters. The zero-order valence-electron chi connectivity index (χ0n) is 12.3. The molecule has 0 saturated heterocycles. The summed E-state index contributed by atoms with van der Waals surface area (Å²) in [5.74, 6) is 1.06. The minimum Gasteiger partial charge on any atom is -0.335 e. The largest absolute Gasteiger partial charge is 0.335 e. The molecule has 1 amide bonds. The van der Waals surface area contributed by atoms with Crippen LogP contribution in [0.3, 0.4) is 0 Å². The van der Waals surface area contributed by atoms with Crippen molar-refractivity contribution in [1.29, 1.82) is 0 Å². The van der Waals surface area contributed by atoms with E-state index in [9.17, 15) is 4.79 Å². The Hall–Kier alpha value is -1.49. The lowest BCUT2D eigenvalue weighted by atomic mass is 9.84. The van der Waals surface area contributed by atoms with Crippen LogP contribution in [0.5, 0.6) is 0 Å². The Bertz CT molecular complexity index is 547. The smallest absolute Gasteiger partial charge is 0.221 e. The first-order valence-corrected chi connectivity index (χ1v) is 8.51. The van der Waals surface area contributed by atoms with Crippen molar-refractivity contribution in [1.82, 2.24) is 0 Å². The lowest BCUT2D eigenvalue weighted by Crippen LogP contribution is -2.29. The summed E-state index contributed by atoms with van der Waals surface area (Å²) in [5.41, 5.74) is 2.03. The molecule has 0 aromatic heterocycles. The lowest BCUT2D eigenvalue weighted by Gasteiger charge is -2.29. The summed E-state index contributed by atoms with van der Waals surface area (Å²) in [6, 6.07) is 7.75. The van der Waals surface area contributed by atoms with Crippen molar-refractivity contribution in [2.75, 3.05) is 16.4 Å². The molecule has 0 bridgehead atoms. The number of nitrogens with zero attached hydrogens (tertiary/aromatic N) is 1. The molecule has 5 heteroatoms. The first-order valence-electron chi connectivity index (χ1n) is 7.53. The zero-order chi connectivity index (χ0) is 14.7. The molecule has 1 aliphatic carbocycles. The summed E-state index contributed by atoms with van der Waals surface area (Å²) < 4.78 is 0. The molecule has 0 atom stereocenters. The van der Waals surface area contributed by atoms with Gasteiger partial charge >= 0.3 is 0 Å². The molecule has 1 aromatic rings. The predicted molar refractivity (Wildman–Crippen MR) is 90.1 cm³/mol. The second-order valence-corrected chi connectivity index (χ2v) is 6.84. The number of amidine groups is 1. The first kappa shape index (κ1) is 14.4. The zero-order valence-corrected chi connectivity index (χ0v) is 13.1. The summed E-state index contributed by atoms with van der Waals surface area (Å²) in [5, 5.41) is 7.19. The second-order valence-electron chi connectivity index (χ2n) is 5.87. The Morgan fingerprint density at radius 3 is 2.48 bits per heavy atom. The van der Waals surface area contributed by atoms with Crippen molar-refractivity contribution < 1.29 is 4.79 Å². The molecular weight excluding hydrogens is 282 g/mol. The standard InChI is InChI=1S/C16H21N3OS/c1-12(20)17-13-5-7-14(8-6-13)18-15-19-16(11-21-15)9-3-2-4-10-16/h5-8H,2-4,9-11H2,1H3,(H,17,20)(H,18,19). The van der Waals surface area contributed by atoms with Crippen LogP contribution in [-0.4, -0.2) is 22.4 Å². The van der Waals surface area contributed by atoms with E-state index < -0.39 is 0 Å². The Balaban J connectivity index is 1.64. The van der Waals surface area contributed by atoms with Crippen LogP contribution < -0.4 is 10.6 Å². The number of thioether (sulfide) groups is 1. The van der Waals surface area contributed by atoms with Gasteiger partial charge in [0.05, 0.1) is 5.54 Å². The fourth-order valence-corrected chi connectivity index (χ4v) is 4.18. The number of hydrogen-bond acceptors (Lipinski definition) is 4. The van der Waals surface area contributed by atoms with Gasteiger partial charge in [-0.05, 0) is 37.1 Å². The van der Waals surface area contributed by atoms with Gasteiger partial charge in [0.2, 0.25) is 5.91 Å². The fraction of sp³-hybridized carbons (Fsp3) is 0.500. The van der Waals surface area contributed by atoms with Crippen molar-refractivity contribution in [3.05, 3.63) is 24.3 Å². The summed E-state index contributed by atoms with van der Waals surface area (Å²) in [7, 11) is 0. The second kappa shape index (κ2) is 6.10. The fourth-order valence-electron chi connectivity index (χ4n) is 2.98. The number of benzene rings is 1. The maximum atomic E-state index is 11.0. The third-order valence-electron chi connectivity index (χ3n) is 4.06. The van der Waals surface area contributed by atoms with Gasteiger partial charge in [-0.1, -0.05) is 31.0 Å². The van der Waals surface area contributed by atoms with Gasteiger partial charge in [0.15, 0.2) is 5.17 Å². The SMILES string of the molecule is CC(=O)Nc1ccc(NC2=NC3(CCCCC3)CS2)cc1. The van der Waals surface area contributed by atoms with Crippen LogP contribution in [0.25, 0.3) is 0 Å². The maximum absolute atomic E-state index is 11.0. The van der Waals surface area contributed by atoms with E-state index in [2.05, 4.69) is 10.6 Å². The van der Waals surface area contributed by atoms with Gasteiger partial charge in [-0.15, -0.1) is 0 Å². The molecule has 1 aliphatic heterocycles. The van der Waals surface area contributed by atoms with E-state index in [1.165, 1.54) is 39.0 Å². The van der Waals surface area contributed by atoms with E-state index in [4.69, 9.17) is 4.99 Å². The minimum atomic E-state index is -0.0503.